The van der Waals surface area contributed by atoms with Gasteiger partial charge in [0, 0.05) is 22.9 Å². The molecule has 0 atom stereocenters. The smallest absolute Gasteiger partial charge is 0.337 e. The van der Waals surface area contributed by atoms with Gasteiger partial charge in [-0.2, -0.15) is 0 Å². The minimum absolute atomic E-state index is 0.0513. The Labute approximate surface area is 175 Å². The summed E-state index contributed by atoms with van der Waals surface area (Å²) in [5.74, 6) is -2.57. The highest BCUT2D eigenvalue weighted by atomic mass is 35.5. The number of rotatable bonds is 5. The lowest BCUT2D eigenvalue weighted by molar-refractivity contribution is 0.0600. The zero-order valence-electron chi connectivity index (χ0n) is 14.9. The van der Waals surface area contributed by atoms with Crippen LogP contribution in [-0.2, 0) is 4.74 Å². The van der Waals surface area contributed by atoms with Gasteiger partial charge in [0.2, 0.25) is 0 Å². The van der Waals surface area contributed by atoms with Gasteiger partial charge in [0.25, 0.3) is 0 Å². The van der Waals surface area contributed by atoms with Crippen molar-refractivity contribution in [3.05, 3.63) is 93.0 Å². The molecule has 0 unspecified atom stereocenters. The minimum Gasteiger partial charge on any atom is -0.465 e. The number of anilines is 2. The van der Waals surface area contributed by atoms with Crippen LogP contribution in [0.3, 0.4) is 0 Å². The summed E-state index contributed by atoms with van der Waals surface area (Å²) in [7, 11) is 1.23. The quantitative estimate of drug-likeness (QED) is 0.392. The van der Waals surface area contributed by atoms with Crippen LogP contribution in [0.5, 0.6) is 0 Å². The third-order valence-corrected chi connectivity index (χ3v) is 4.70. The van der Waals surface area contributed by atoms with Gasteiger partial charge in [0.05, 0.1) is 28.4 Å². The Hall–Kier alpha value is -2.96. The third kappa shape index (κ3) is 4.55. The largest absolute Gasteiger partial charge is 0.465 e. The van der Waals surface area contributed by atoms with Crippen LogP contribution < -0.4 is 5.32 Å². The maximum atomic E-state index is 13.8. The summed E-state index contributed by atoms with van der Waals surface area (Å²) in [4.78, 5) is 24.6. The summed E-state index contributed by atoms with van der Waals surface area (Å²) in [6.07, 6.45) is 0. The SMILES string of the molecule is COC(=O)c1ccc(Cl)c(C(=O)c2ccc(Nc3ccc(F)cc3F)cc2Cl)c1. The summed E-state index contributed by atoms with van der Waals surface area (Å²) in [6.45, 7) is 0. The van der Waals surface area contributed by atoms with E-state index >= 15 is 0 Å². The van der Waals surface area contributed by atoms with Crippen molar-refractivity contribution in [3.63, 3.8) is 0 Å². The van der Waals surface area contributed by atoms with Crippen LogP contribution in [0.15, 0.2) is 54.6 Å². The van der Waals surface area contributed by atoms with E-state index in [9.17, 15) is 18.4 Å². The molecule has 4 nitrogen and oxygen atoms in total. The topological polar surface area (TPSA) is 55.4 Å². The Morgan fingerprint density at radius 2 is 1.66 bits per heavy atom. The van der Waals surface area contributed by atoms with Gasteiger partial charge in [-0.3, -0.25) is 4.79 Å². The number of carbonyl (C=O) groups is 2. The van der Waals surface area contributed by atoms with Crippen LogP contribution in [0.2, 0.25) is 10.0 Å². The first-order chi connectivity index (χ1) is 13.8. The predicted octanol–water partition coefficient (Wildman–Crippen LogP) is 6.03. The van der Waals surface area contributed by atoms with Crippen LogP contribution in [0.4, 0.5) is 20.2 Å². The van der Waals surface area contributed by atoms with Gasteiger partial charge in [0.1, 0.15) is 11.6 Å². The molecular formula is C21H13Cl2F2NO3. The van der Waals surface area contributed by atoms with Crippen molar-refractivity contribution in [1.82, 2.24) is 0 Å². The number of hydrogen-bond donors (Lipinski definition) is 1. The van der Waals surface area contributed by atoms with Crippen LogP contribution in [0.1, 0.15) is 26.3 Å². The maximum absolute atomic E-state index is 13.8. The molecule has 0 aliphatic carbocycles. The van der Waals surface area contributed by atoms with E-state index in [2.05, 4.69) is 10.1 Å². The average Bonchev–Trinajstić information content (AvgIpc) is 2.69. The van der Waals surface area contributed by atoms with E-state index in [0.29, 0.717) is 5.69 Å². The standard InChI is InChI=1S/C21H13Cl2F2NO3/c1-29-21(28)11-2-6-16(22)15(8-11)20(27)14-5-4-13(10-17(14)23)26-19-7-3-12(24)9-18(19)25/h2-10,26H,1H3. The minimum atomic E-state index is -0.771. The van der Waals surface area contributed by atoms with Gasteiger partial charge in [-0.15, -0.1) is 0 Å². The van der Waals surface area contributed by atoms with E-state index in [1.807, 2.05) is 0 Å². The molecule has 148 valence electrons. The molecule has 0 amide bonds. The van der Waals surface area contributed by atoms with Gasteiger partial charge in [-0.1, -0.05) is 23.2 Å². The molecular weight excluding hydrogens is 423 g/mol. The van der Waals surface area contributed by atoms with Crippen LogP contribution in [0.25, 0.3) is 0 Å². The fourth-order valence-corrected chi connectivity index (χ4v) is 3.08. The molecule has 3 aromatic rings. The lowest BCUT2D eigenvalue weighted by Crippen LogP contribution is -2.07. The average molecular weight is 436 g/mol. The molecule has 0 saturated heterocycles. The number of carbonyl (C=O) groups excluding carboxylic acids is 2. The van der Waals surface area contributed by atoms with Crippen molar-refractivity contribution < 1.29 is 23.1 Å². The molecule has 1 N–H and O–H groups in total. The Morgan fingerprint density at radius 1 is 0.897 bits per heavy atom. The first-order valence-corrected chi connectivity index (χ1v) is 9.00. The number of methoxy groups -OCH3 is 1. The van der Waals surface area contributed by atoms with Gasteiger partial charge in [0.15, 0.2) is 5.78 Å². The summed E-state index contributed by atoms with van der Waals surface area (Å²) in [6, 6.07) is 11.7. The highest BCUT2D eigenvalue weighted by Crippen LogP contribution is 2.29. The zero-order chi connectivity index (χ0) is 21.1. The second-order valence-electron chi connectivity index (χ2n) is 5.96. The number of esters is 1. The number of ketones is 1. The molecule has 0 spiro atoms. The van der Waals surface area contributed by atoms with E-state index < -0.39 is 23.4 Å². The Balaban J connectivity index is 1.90. The molecule has 29 heavy (non-hydrogen) atoms. The normalized spacial score (nSPS) is 10.5. The second kappa shape index (κ2) is 8.59. The fraction of sp³-hybridized carbons (Fsp3) is 0.0476. The van der Waals surface area contributed by atoms with Gasteiger partial charge in [-0.25, -0.2) is 13.6 Å². The lowest BCUT2D eigenvalue weighted by Gasteiger charge is -2.11. The van der Waals surface area contributed by atoms with E-state index in [-0.39, 0.29) is 32.4 Å². The number of nitrogens with one attached hydrogen (secondary N) is 1. The number of hydrogen-bond acceptors (Lipinski definition) is 4. The summed E-state index contributed by atoms with van der Waals surface area (Å²) in [5, 5.41) is 3.00. The molecule has 3 aromatic carbocycles. The molecule has 0 saturated carbocycles. The summed E-state index contributed by atoms with van der Waals surface area (Å²) < 4.78 is 31.5. The Kier molecular flexibility index (Phi) is 6.15. The predicted molar refractivity (Wildman–Crippen MR) is 107 cm³/mol. The zero-order valence-corrected chi connectivity index (χ0v) is 16.4. The van der Waals surface area contributed by atoms with Crippen molar-refractivity contribution in [1.29, 1.82) is 0 Å². The molecule has 8 heteroatoms. The highest BCUT2D eigenvalue weighted by Gasteiger charge is 2.19. The Morgan fingerprint density at radius 3 is 2.31 bits per heavy atom. The molecule has 0 fully saturated rings. The van der Waals surface area contributed by atoms with Gasteiger partial charge < -0.3 is 10.1 Å². The van der Waals surface area contributed by atoms with Crippen LogP contribution >= 0.6 is 23.2 Å². The van der Waals surface area contributed by atoms with Gasteiger partial charge >= 0.3 is 5.97 Å². The molecule has 0 aliphatic rings. The highest BCUT2D eigenvalue weighted by molar-refractivity contribution is 6.38. The monoisotopic (exact) mass is 435 g/mol. The summed E-state index contributed by atoms with van der Waals surface area (Å²) >= 11 is 12.3. The van der Waals surface area contributed by atoms with E-state index in [1.54, 1.807) is 0 Å². The molecule has 3 rings (SSSR count). The molecule has 0 aliphatic heterocycles. The maximum Gasteiger partial charge on any atom is 0.337 e. The second-order valence-corrected chi connectivity index (χ2v) is 6.77. The van der Waals surface area contributed by atoms with E-state index in [1.165, 1.54) is 49.6 Å². The van der Waals surface area contributed by atoms with Crippen molar-refractivity contribution in [3.8, 4) is 0 Å². The van der Waals surface area contributed by atoms with Crippen molar-refractivity contribution >= 4 is 46.3 Å². The van der Waals surface area contributed by atoms with E-state index in [4.69, 9.17) is 23.2 Å². The summed E-state index contributed by atoms with van der Waals surface area (Å²) in [5.41, 5.74) is 0.839. The first-order valence-electron chi connectivity index (χ1n) is 8.24. The van der Waals surface area contributed by atoms with Gasteiger partial charge in [-0.05, 0) is 48.5 Å². The number of halogens is 4. The first kappa shape index (κ1) is 20.8. The third-order valence-electron chi connectivity index (χ3n) is 4.06. The molecule has 0 heterocycles. The van der Waals surface area contributed by atoms with E-state index in [0.717, 1.165) is 12.1 Å². The molecule has 0 radical (unpaired) electrons. The van der Waals surface area contributed by atoms with Crippen molar-refractivity contribution in [2.24, 2.45) is 0 Å². The fourth-order valence-electron chi connectivity index (χ4n) is 2.61. The lowest BCUT2D eigenvalue weighted by atomic mass is 10.0. The Bertz CT molecular complexity index is 1120. The van der Waals surface area contributed by atoms with Crippen LogP contribution in [0, 0.1) is 11.6 Å². The van der Waals surface area contributed by atoms with Crippen molar-refractivity contribution in [2.75, 3.05) is 12.4 Å². The molecule has 0 bridgehead atoms. The number of ether oxygens (including phenoxy) is 1. The van der Waals surface area contributed by atoms with Crippen LogP contribution in [-0.4, -0.2) is 18.9 Å². The number of benzene rings is 3. The molecule has 0 aromatic heterocycles. The van der Waals surface area contributed by atoms with Crippen molar-refractivity contribution in [2.45, 2.75) is 0 Å².